The summed E-state index contributed by atoms with van der Waals surface area (Å²) >= 11 is 3.54. The van der Waals surface area contributed by atoms with E-state index in [0.29, 0.717) is 13.0 Å². The maximum absolute atomic E-state index is 10.2. The topological polar surface area (TPSA) is 69.9 Å². The quantitative estimate of drug-likeness (QED) is 0.714. The molecule has 0 radical (unpaired) electrons. The zero-order valence-electron chi connectivity index (χ0n) is 10.5. The van der Waals surface area contributed by atoms with E-state index in [-0.39, 0.29) is 16.8 Å². The number of aliphatic hydroxyl groups excluding tert-OH is 3. The van der Waals surface area contributed by atoms with Crippen molar-refractivity contribution in [2.24, 2.45) is 0 Å². The summed E-state index contributed by atoms with van der Waals surface area (Å²) in [6.45, 7) is 0.450. The molecule has 0 amide bonds. The van der Waals surface area contributed by atoms with Crippen molar-refractivity contribution in [1.82, 2.24) is 0 Å². The summed E-state index contributed by atoms with van der Waals surface area (Å²) in [4.78, 5) is 0. The lowest BCUT2D eigenvalue weighted by Crippen LogP contribution is -2.51. The van der Waals surface area contributed by atoms with E-state index in [1.165, 1.54) is 0 Å². The van der Waals surface area contributed by atoms with Crippen LogP contribution >= 0.6 is 23.5 Å². The highest BCUT2D eigenvalue weighted by molar-refractivity contribution is 8.18. The highest BCUT2D eigenvalue weighted by Gasteiger charge is 2.47. The predicted octanol–water partition coefficient (Wildman–Crippen LogP) is 0.836. The van der Waals surface area contributed by atoms with Crippen LogP contribution in [0.4, 0.5) is 0 Å². The number of hydrogen-bond donors (Lipinski definition) is 3. The van der Waals surface area contributed by atoms with Crippen LogP contribution in [0.5, 0.6) is 0 Å². The van der Waals surface area contributed by atoms with Gasteiger partial charge in [-0.15, -0.1) is 23.5 Å². The van der Waals surface area contributed by atoms with E-state index in [9.17, 15) is 10.2 Å². The van der Waals surface area contributed by atoms with Crippen LogP contribution in [-0.2, 0) is 4.74 Å². The summed E-state index contributed by atoms with van der Waals surface area (Å²) in [7, 11) is 0. The second-order valence-electron chi connectivity index (χ2n) is 4.90. The molecule has 0 spiro atoms. The zero-order valence-corrected chi connectivity index (χ0v) is 12.1. The summed E-state index contributed by atoms with van der Waals surface area (Å²) in [6, 6.07) is 0. The summed E-state index contributed by atoms with van der Waals surface area (Å²) in [5, 5.41) is 29.0. The van der Waals surface area contributed by atoms with Gasteiger partial charge in [0.1, 0.15) is 6.10 Å². The van der Waals surface area contributed by atoms with Crippen LogP contribution in [0.15, 0.2) is 0 Å². The highest BCUT2D eigenvalue weighted by atomic mass is 32.2. The van der Waals surface area contributed by atoms with E-state index < -0.39 is 12.2 Å². The Labute approximate surface area is 116 Å². The van der Waals surface area contributed by atoms with Crippen LogP contribution < -0.4 is 0 Å². The standard InChI is InChI=1S/C12H22O4S2/c13-8-9(14)7-12(17-5-2-6-18-12)11-10(15)3-1-4-16-11/h9-11,13-15H,1-8H2/t9-,10-,11-/m0/s1. The summed E-state index contributed by atoms with van der Waals surface area (Å²) in [5.41, 5.74) is 0. The van der Waals surface area contributed by atoms with Gasteiger partial charge in [-0.1, -0.05) is 0 Å². The fourth-order valence-corrected chi connectivity index (χ4v) is 6.25. The smallest absolute Gasteiger partial charge is 0.107 e. The number of aliphatic hydroxyl groups is 3. The van der Waals surface area contributed by atoms with Crippen molar-refractivity contribution in [2.45, 2.75) is 48.1 Å². The van der Waals surface area contributed by atoms with Crippen molar-refractivity contribution >= 4 is 23.5 Å². The molecule has 2 rings (SSSR count). The van der Waals surface area contributed by atoms with Gasteiger partial charge in [-0.2, -0.15) is 0 Å². The molecule has 18 heavy (non-hydrogen) atoms. The molecule has 2 aliphatic rings. The molecule has 6 heteroatoms. The van der Waals surface area contributed by atoms with Gasteiger partial charge in [-0.25, -0.2) is 0 Å². The minimum atomic E-state index is -0.735. The Kier molecular flexibility index (Phi) is 5.65. The lowest BCUT2D eigenvalue weighted by atomic mass is 9.98. The molecule has 106 valence electrons. The molecule has 0 aliphatic carbocycles. The second kappa shape index (κ2) is 6.81. The number of thioether (sulfide) groups is 2. The van der Waals surface area contributed by atoms with E-state index in [1.807, 2.05) is 0 Å². The molecule has 2 saturated heterocycles. The lowest BCUT2D eigenvalue weighted by molar-refractivity contribution is -0.0840. The summed E-state index contributed by atoms with van der Waals surface area (Å²) in [5.74, 6) is 2.05. The van der Waals surface area contributed by atoms with Crippen LogP contribution in [0, 0.1) is 0 Å². The Morgan fingerprint density at radius 1 is 1.28 bits per heavy atom. The van der Waals surface area contributed by atoms with Crippen LogP contribution in [0.2, 0.25) is 0 Å². The van der Waals surface area contributed by atoms with E-state index in [1.54, 1.807) is 23.5 Å². The van der Waals surface area contributed by atoms with Crippen molar-refractivity contribution in [3.05, 3.63) is 0 Å². The first-order valence-corrected chi connectivity index (χ1v) is 8.51. The maximum Gasteiger partial charge on any atom is 0.107 e. The molecular weight excluding hydrogens is 272 g/mol. The van der Waals surface area contributed by atoms with Gasteiger partial charge >= 0.3 is 0 Å². The number of ether oxygens (including phenoxy) is 1. The van der Waals surface area contributed by atoms with Gasteiger partial charge < -0.3 is 20.1 Å². The molecular formula is C12H22O4S2. The van der Waals surface area contributed by atoms with Gasteiger partial charge in [0.15, 0.2) is 0 Å². The average molecular weight is 294 g/mol. The number of hydrogen-bond acceptors (Lipinski definition) is 6. The van der Waals surface area contributed by atoms with E-state index in [2.05, 4.69) is 0 Å². The van der Waals surface area contributed by atoms with Crippen molar-refractivity contribution < 1.29 is 20.1 Å². The van der Waals surface area contributed by atoms with Crippen molar-refractivity contribution in [3.63, 3.8) is 0 Å². The molecule has 4 nitrogen and oxygen atoms in total. The Morgan fingerprint density at radius 3 is 2.61 bits per heavy atom. The second-order valence-corrected chi connectivity index (χ2v) is 8.01. The van der Waals surface area contributed by atoms with Gasteiger partial charge in [0.2, 0.25) is 0 Å². The van der Waals surface area contributed by atoms with Crippen LogP contribution in [0.1, 0.15) is 25.7 Å². The first-order chi connectivity index (χ1) is 8.68. The number of rotatable bonds is 4. The minimum absolute atomic E-state index is 0.230. The van der Waals surface area contributed by atoms with Crippen LogP contribution in [0.25, 0.3) is 0 Å². The fourth-order valence-electron chi connectivity index (χ4n) is 2.57. The lowest BCUT2D eigenvalue weighted by Gasteiger charge is -2.46. The molecule has 0 aromatic carbocycles. The molecule has 0 aromatic heterocycles. The summed E-state index contributed by atoms with van der Waals surface area (Å²) in [6.07, 6.45) is 1.86. The molecule has 3 N–H and O–H groups in total. The first-order valence-electron chi connectivity index (χ1n) is 6.54. The molecule has 0 aromatic rings. The highest BCUT2D eigenvalue weighted by Crippen LogP contribution is 2.50. The van der Waals surface area contributed by atoms with Crippen LogP contribution in [-0.4, -0.2) is 62.4 Å². The maximum atomic E-state index is 10.2. The molecule has 0 saturated carbocycles. The Balaban J connectivity index is 2.11. The van der Waals surface area contributed by atoms with Crippen molar-refractivity contribution in [3.8, 4) is 0 Å². The molecule has 2 aliphatic heterocycles. The third kappa shape index (κ3) is 3.35. The Morgan fingerprint density at radius 2 is 2.00 bits per heavy atom. The third-order valence-electron chi connectivity index (χ3n) is 3.44. The van der Waals surface area contributed by atoms with Gasteiger partial charge in [-0.3, -0.25) is 0 Å². The fraction of sp³-hybridized carbons (Fsp3) is 1.00. The average Bonchev–Trinajstić information content (AvgIpc) is 2.40. The van der Waals surface area contributed by atoms with Gasteiger partial charge in [0.05, 0.1) is 22.9 Å². The van der Waals surface area contributed by atoms with Gasteiger partial charge in [0.25, 0.3) is 0 Å². The molecule has 2 heterocycles. The zero-order chi connectivity index (χ0) is 13.0. The van der Waals surface area contributed by atoms with E-state index in [4.69, 9.17) is 9.84 Å². The largest absolute Gasteiger partial charge is 0.394 e. The van der Waals surface area contributed by atoms with E-state index >= 15 is 0 Å². The Hall–Kier alpha value is 0.540. The predicted molar refractivity (Wildman–Crippen MR) is 75.0 cm³/mol. The summed E-state index contributed by atoms with van der Waals surface area (Å²) < 4.78 is 5.49. The SMILES string of the molecule is OC[C@@H](O)CC1([C@H]2OCCC[C@@H]2O)SCCCS1. The third-order valence-corrected chi connectivity index (χ3v) is 6.90. The van der Waals surface area contributed by atoms with Gasteiger partial charge in [-0.05, 0) is 30.8 Å². The van der Waals surface area contributed by atoms with Gasteiger partial charge in [0, 0.05) is 13.0 Å². The van der Waals surface area contributed by atoms with E-state index in [0.717, 1.165) is 30.8 Å². The van der Waals surface area contributed by atoms with Crippen molar-refractivity contribution in [2.75, 3.05) is 24.7 Å². The molecule has 0 bridgehead atoms. The van der Waals surface area contributed by atoms with Crippen LogP contribution in [0.3, 0.4) is 0 Å². The molecule has 0 unspecified atom stereocenters. The van der Waals surface area contributed by atoms with Crippen molar-refractivity contribution in [1.29, 1.82) is 0 Å². The monoisotopic (exact) mass is 294 g/mol. The first kappa shape index (κ1) is 14.9. The Bertz CT molecular complexity index is 258. The minimum Gasteiger partial charge on any atom is -0.394 e. The molecule has 3 atom stereocenters. The molecule has 2 fully saturated rings. The normalized spacial score (nSPS) is 34.2.